The number of amides is 1. The topological polar surface area (TPSA) is 59.2 Å². The number of halogens is 4. The van der Waals surface area contributed by atoms with E-state index in [9.17, 15) is 18.0 Å². The van der Waals surface area contributed by atoms with Crippen LogP contribution in [0.1, 0.15) is 43.8 Å². The van der Waals surface area contributed by atoms with Crippen molar-refractivity contribution < 1.29 is 22.5 Å². The Bertz CT molecular complexity index is 585. The third-order valence-corrected chi connectivity index (χ3v) is 4.44. The van der Waals surface area contributed by atoms with Gasteiger partial charge in [0.15, 0.2) is 11.2 Å². The number of carbonyl (C=O) groups is 1. The van der Waals surface area contributed by atoms with Gasteiger partial charge < -0.3 is 9.42 Å². The van der Waals surface area contributed by atoms with Crippen molar-refractivity contribution in [3.8, 4) is 0 Å². The quantitative estimate of drug-likeness (QED) is 0.795. The Morgan fingerprint density at radius 2 is 2.18 bits per heavy atom. The van der Waals surface area contributed by atoms with Crippen molar-refractivity contribution in [1.82, 2.24) is 15.0 Å². The number of alkyl halides is 4. The predicted molar refractivity (Wildman–Crippen MR) is 70.5 cm³/mol. The molecule has 1 saturated heterocycles. The third-order valence-electron chi connectivity index (χ3n) is 4.26. The second kappa shape index (κ2) is 5.11. The first-order valence-corrected chi connectivity index (χ1v) is 7.52. The van der Waals surface area contributed by atoms with E-state index in [0.29, 0.717) is 5.82 Å². The maximum Gasteiger partial charge on any atom is 0.405 e. The van der Waals surface area contributed by atoms with Crippen molar-refractivity contribution in [1.29, 1.82) is 0 Å². The average molecular weight is 338 g/mol. The van der Waals surface area contributed by atoms with Gasteiger partial charge in [0.25, 0.3) is 0 Å². The van der Waals surface area contributed by atoms with Crippen LogP contribution in [0.4, 0.5) is 13.2 Å². The molecule has 2 atom stereocenters. The van der Waals surface area contributed by atoms with Crippen LogP contribution >= 0.6 is 11.6 Å². The monoisotopic (exact) mass is 337 g/mol. The van der Waals surface area contributed by atoms with Gasteiger partial charge in [-0.3, -0.25) is 4.79 Å². The molecule has 1 aromatic rings. The van der Waals surface area contributed by atoms with E-state index >= 15 is 0 Å². The van der Waals surface area contributed by atoms with Gasteiger partial charge in [0.2, 0.25) is 11.8 Å². The summed E-state index contributed by atoms with van der Waals surface area (Å²) >= 11 is 5.69. The molecular formula is C13H15ClF3N3O2. The summed E-state index contributed by atoms with van der Waals surface area (Å²) in [7, 11) is 0. The van der Waals surface area contributed by atoms with Crippen LogP contribution in [-0.2, 0) is 10.2 Å². The smallest absolute Gasteiger partial charge is 0.340 e. The summed E-state index contributed by atoms with van der Waals surface area (Å²) in [5.41, 5.74) is -2.30. The number of likely N-dealkylation sites (tertiary alicyclic amines) is 1. The highest BCUT2D eigenvalue weighted by atomic mass is 35.5. The van der Waals surface area contributed by atoms with E-state index in [1.165, 1.54) is 6.92 Å². The minimum Gasteiger partial charge on any atom is -0.340 e. The van der Waals surface area contributed by atoms with Crippen molar-refractivity contribution in [3.05, 3.63) is 11.7 Å². The van der Waals surface area contributed by atoms with E-state index in [1.54, 1.807) is 0 Å². The maximum absolute atomic E-state index is 13.7. The molecular weight excluding hydrogens is 323 g/mol. The molecule has 2 aliphatic rings. The lowest BCUT2D eigenvalue weighted by Gasteiger charge is -2.28. The Hall–Kier alpha value is -1.31. The number of carbonyl (C=O) groups excluding carboxylic acids is 1. The van der Waals surface area contributed by atoms with Gasteiger partial charge in [-0.1, -0.05) is 5.16 Å². The second-order valence-corrected chi connectivity index (χ2v) is 6.59. The summed E-state index contributed by atoms with van der Waals surface area (Å²) in [5.74, 6) is -0.534. The molecule has 1 aliphatic carbocycles. The van der Waals surface area contributed by atoms with Crippen LogP contribution in [0.3, 0.4) is 0 Å². The molecule has 0 aromatic carbocycles. The molecule has 1 aliphatic heterocycles. The van der Waals surface area contributed by atoms with Gasteiger partial charge >= 0.3 is 6.18 Å². The largest absolute Gasteiger partial charge is 0.405 e. The number of aromatic nitrogens is 2. The highest BCUT2D eigenvalue weighted by Gasteiger charge is 2.63. The minimum atomic E-state index is -4.58. The number of nitrogens with zero attached hydrogens (tertiary/aromatic N) is 3. The van der Waals surface area contributed by atoms with E-state index in [-0.39, 0.29) is 18.9 Å². The Labute approximate surface area is 129 Å². The van der Waals surface area contributed by atoms with Crippen molar-refractivity contribution >= 4 is 17.5 Å². The zero-order valence-corrected chi connectivity index (χ0v) is 12.6. The van der Waals surface area contributed by atoms with Crippen LogP contribution in [0.5, 0.6) is 0 Å². The van der Waals surface area contributed by atoms with E-state index in [2.05, 4.69) is 10.1 Å². The molecule has 5 nitrogen and oxygen atoms in total. The van der Waals surface area contributed by atoms with E-state index in [1.807, 2.05) is 0 Å². The summed E-state index contributed by atoms with van der Waals surface area (Å²) in [6, 6.07) is 0. The zero-order valence-electron chi connectivity index (χ0n) is 11.9. The van der Waals surface area contributed by atoms with E-state index < -0.39 is 35.3 Å². The van der Waals surface area contributed by atoms with Crippen molar-refractivity contribution in [3.63, 3.8) is 0 Å². The lowest BCUT2D eigenvalue weighted by Crippen LogP contribution is -2.46. The molecule has 1 aromatic heterocycles. The first kappa shape index (κ1) is 15.6. The van der Waals surface area contributed by atoms with Gasteiger partial charge in [0, 0.05) is 19.0 Å². The van der Waals surface area contributed by atoms with Crippen LogP contribution in [0, 0.1) is 0 Å². The molecule has 3 rings (SSSR count). The van der Waals surface area contributed by atoms with Crippen LogP contribution in [0.2, 0.25) is 0 Å². The fourth-order valence-corrected chi connectivity index (χ4v) is 2.85. The van der Waals surface area contributed by atoms with Gasteiger partial charge in [-0.2, -0.15) is 18.2 Å². The van der Waals surface area contributed by atoms with Gasteiger partial charge in [0.05, 0.1) is 0 Å². The lowest BCUT2D eigenvalue weighted by atomic mass is 9.86. The number of rotatable bonds is 3. The molecule has 9 heteroatoms. The highest BCUT2D eigenvalue weighted by molar-refractivity contribution is 6.30. The van der Waals surface area contributed by atoms with Crippen LogP contribution in [0.15, 0.2) is 4.52 Å². The zero-order chi connectivity index (χ0) is 16.1. The Balaban J connectivity index is 1.91. The minimum absolute atomic E-state index is 0.0312. The fraction of sp³-hybridized carbons (Fsp3) is 0.769. The SMILES string of the molecule is CC(Cl)C(=O)N1CCC(c2nc(C3CC3)no2)(C(F)(F)F)C1. The van der Waals surface area contributed by atoms with Gasteiger partial charge in [0.1, 0.15) is 5.38 Å². The molecule has 0 N–H and O–H groups in total. The second-order valence-electron chi connectivity index (χ2n) is 5.94. The van der Waals surface area contributed by atoms with Gasteiger partial charge in [-0.05, 0) is 26.2 Å². The normalized spacial score (nSPS) is 27.2. The Kier molecular flexibility index (Phi) is 3.62. The molecule has 1 amide bonds. The molecule has 2 fully saturated rings. The van der Waals surface area contributed by atoms with Crippen LogP contribution < -0.4 is 0 Å². The first-order valence-electron chi connectivity index (χ1n) is 7.08. The standard InChI is InChI=1S/C13H15ClF3N3O2/c1-7(14)10(21)20-5-4-12(6-20,13(15,16)17)11-18-9(19-22-11)8-2-3-8/h7-8H,2-6H2,1H3. The number of hydrogen-bond acceptors (Lipinski definition) is 4. The third kappa shape index (κ3) is 2.47. The Morgan fingerprint density at radius 1 is 1.50 bits per heavy atom. The summed E-state index contributed by atoms with van der Waals surface area (Å²) in [5, 5.41) is 2.80. The van der Waals surface area contributed by atoms with Crippen LogP contribution in [-0.4, -0.2) is 45.6 Å². The van der Waals surface area contributed by atoms with Gasteiger partial charge in [-0.15, -0.1) is 11.6 Å². The summed E-state index contributed by atoms with van der Waals surface area (Å²) < 4.78 is 45.9. The highest BCUT2D eigenvalue weighted by Crippen LogP contribution is 2.48. The lowest BCUT2D eigenvalue weighted by molar-refractivity contribution is -0.193. The average Bonchev–Trinajstić information content (AvgIpc) is 3.00. The molecule has 2 unspecified atom stereocenters. The van der Waals surface area contributed by atoms with Gasteiger partial charge in [-0.25, -0.2) is 0 Å². The molecule has 0 spiro atoms. The molecule has 1 saturated carbocycles. The first-order chi connectivity index (χ1) is 10.2. The van der Waals surface area contributed by atoms with Crippen LogP contribution in [0.25, 0.3) is 0 Å². The maximum atomic E-state index is 13.7. The molecule has 22 heavy (non-hydrogen) atoms. The molecule has 0 radical (unpaired) electrons. The van der Waals surface area contributed by atoms with Crippen molar-refractivity contribution in [2.75, 3.05) is 13.1 Å². The van der Waals surface area contributed by atoms with E-state index in [0.717, 1.165) is 17.7 Å². The summed E-state index contributed by atoms with van der Waals surface area (Å²) in [6.45, 7) is 0.880. The van der Waals surface area contributed by atoms with Crippen molar-refractivity contribution in [2.24, 2.45) is 0 Å². The van der Waals surface area contributed by atoms with Crippen molar-refractivity contribution in [2.45, 2.75) is 49.1 Å². The summed E-state index contributed by atoms with van der Waals surface area (Å²) in [6.07, 6.45) is -3.14. The summed E-state index contributed by atoms with van der Waals surface area (Å²) in [4.78, 5) is 17.0. The van der Waals surface area contributed by atoms with E-state index in [4.69, 9.17) is 16.1 Å². The molecule has 0 bridgehead atoms. The molecule has 122 valence electrons. The Morgan fingerprint density at radius 3 is 2.73 bits per heavy atom. The number of hydrogen-bond donors (Lipinski definition) is 0. The molecule has 2 heterocycles. The predicted octanol–water partition coefficient (Wildman–Crippen LogP) is 2.61. The fourth-order valence-electron chi connectivity index (χ4n) is 2.71.